The lowest BCUT2D eigenvalue weighted by Crippen LogP contribution is -2.37. The minimum Gasteiger partial charge on any atom is -0.462 e. The van der Waals surface area contributed by atoms with Crippen molar-refractivity contribution >= 4 is 11.9 Å². The van der Waals surface area contributed by atoms with Crippen LogP contribution in [0.25, 0.3) is 0 Å². The molecule has 1 aromatic rings. The van der Waals surface area contributed by atoms with Gasteiger partial charge in [0.05, 0.1) is 24.5 Å². The number of hydrogen-bond donors (Lipinski definition) is 1. The smallest absolute Gasteiger partial charge is 0.341 e. The highest BCUT2D eigenvalue weighted by molar-refractivity contribution is 5.90. The second kappa shape index (κ2) is 6.04. The molecule has 7 heteroatoms. The van der Waals surface area contributed by atoms with Crippen LogP contribution in [0.3, 0.4) is 0 Å². The number of esters is 1. The molecule has 0 spiro atoms. The molecule has 2 heterocycles. The number of amides is 1. The SMILES string of the molecule is CCOC(=O)c1cnn(C)c1CNC1CCN(C)C1=O. The summed E-state index contributed by atoms with van der Waals surface area (Å²) in [6.07, 6.45) is 2.28. The van der Waals surface area contributed by atoms with Crippen LogP contribution >= 0.6 is 0 Å². The Kier molecular flexibility index (Phi) is 4.39. The van der Waals surface area contributed by atoms with Crippen LogP contribution in [-0.2, 0) is 23.1 Å². The van der Waals surface area contributed by atoms with E-state index in [2.05, 4.69) is 10.4 Å². The summed E-state index contributed by atoms with van der Waals surface area (Å²) < 4.78 is 6.62. The van der Waals surface area contributed by atoms with Crippen LogP contribution in [0.4, 0.5) is 0 Å². The highest BCUT2D eigenvalue weighted by Gasteiger charge is 2.29. The Bertz CT molecular complexity index is 512. The largest absolute Gasteiger partial charge is 0.462 e. The van der Waals surface area contributed by atoms with Crippen molar-refractivity contribution in [1.29, 1.82) is 0 Å². The Hall–Kier alpha value is -1.89. The quantitative estimate of drug-likeness (QED) is 0.763. The summed E-state index contributed by atoms with van der Waals surface area (Å²) in [5.74, 6) is -0.294. The molecule has 0 aromatic carbocycles. The topological polar surface area (TPSA) is 76.5 Å². The van der Waals surface area contributed by atoms with Crippen LogP contribution in [0.5, 0.6) is 0 Å². The van der Waals surface area contributed by atoms with E-state index in [-0.39, 0.29) is 17.9 Å². The van der Waals surface area contributed by atoms with Gasteiger partial charge < -0.3 is 15.0 Å². The predicted molar refractivity (Wildman–Crippen MR) is 72.0 cm³/mol. The Labute approximate surface area is 117 Å². The first-order chi connectivity index (χ1) is 9.54. The standard InChI is InChI=1S/C13H20N4O3/c1-4-20-13(19)9-7-15-17(3)11(9)8-14-10-5-6-16(2)12(10)18/h7,10,14H,4-6,8H2,1-3H3. The number of likely N-dealkylation sites (N-methyl/N-ethyl adjacent to an activating group) is 1. The fourth-order valence-electron chi connectivity index (χ4n) is 2.28. The molecule has 1 fully saturated rings. The van der Waals surface area contributed by atoms with Crippen LogP contribution in [0.15, 0.2) is 6.20 Å². The van der Waals surface area contributed by atoms with Crippen LogP contribution in [-0.4, -0.2) is 52.8 Å². The highest BCUT2D eigenvalue weighted by Crippen LogP contribution is 2.12. The van der Waals surface area contributed by atoms with Gasteiger partial charge >= 0.3 is 5.97 Å². The summed E-state index contributed by atoms with van der Waals surface area (Å²) in [6.45, 7) is 3.26. The highest BCUT2D eigenvalue weighted by atomic mass is 16.5. The number of carbonyl (C=O) groups excluding carboxylic acids is 2. The number of aryl methyl sites for hydroxylation is 1. The van der Waals surface area contributed by atoms with Gasteiger partial charge in [-0.2, -0.15) is 5.10 Å². The van der Waals surface area contributed by atoms with E-state index in [9.17, 15) is 9.59 Å². The van der Waals surface area contributed by atoms with Gasteiger partial charge in [0.1, 0.15) is 5.56 Å². The molecule has 0 radical (unpaired) electrons. The minimum atomic E-state index is -0.382. The van der Waals surface area contributed by atoms with Crippen molar-refractivity contribution in [1.82, 2.24) is 20.0 Å². The maximum atomic E-state index is 11.8. The molecule has 1 amide bonds. The average molecular weight is 280 g/mol. The Morgan fingerprint density at radius 3 is 2.90 bits per heavy atom. The molecule has 7 nitrogen and oxygen atoms in total. The fourth-order valence-corrected chi connectivity index (χ4v) is 2.28. The van der Waals surface area contributed by atoms with Crippen LogP contribution in [0.2, 0.25) is 0 Å². The lowest BCUT2D eigenvalue weighted by Gasteiger charge is -2.13. The Morgan fingerprint density at radius 1 is 1.55 bits per heavy atom. The lowest BCUT2D eigenvalue weighted by atomic mass is 10.2. The molecule has 2 rings (SSSR count). The number of aromatic nitrogens is 2. The van der Waals surface area contributed by atoms with Crippen molar-refractivity contribution < 1.29 is 14.3 Å². The third-order valence-electron chi connectivity index (χ3n) is 3.50. The maximum absolute atomic E-state index is 11.8. The van der Waals surface area contributed by atoms with Crippen molar-refractivity contribution in [2.75, 3.05) is 20.2 Å². The van der Waals surface area contributed by atoms with Crippen molar-refractivity contribution in [2.24, 2.45) is 7.05 Å². The summed E-state index contributed by atoms with van der Waals surface area (Å²) in [5, 5.41) is 7.26. The molecule has 0 bridgehead atoms. The molecule has 1 aliphatic rings. The van der Waals surface area contributed by atoms with Gasteiger partial charge in [0, 0.05) is 27.2 Å². The van der Waals surface area contributed by atoms with E-state index < -0.39 is 0 Å². The van der Waals surface area contributed by atoms with Gasteiger partial charge in [-0.3, -0.25) is 9.48 Å². The first-order valence-electron chi connectivity index (χ1n) is 6.71. The summed E-state index contributed by atoms with van der Waals surface area (Å²) in [7, 11) is 3.56. The molecule has 1 unspecified atom stereocenters. The van der Waals surface area contributed by atoms with Gasteiger partial charge in [0.25, 0.3) is 0 Å². The molecule has 1 saturated heterocycles. The monoisotopic (exact) mass is 280 g/mol. The molecule has 0 aliphatic carbocycles. The normalized spacial score (nSPS) is 18.6. The maximum Gasteiger partial charge on any atom is 0.341 e. The number of likely N-dealkylation sites (tertiary alicyclic amines) is 1. The molecule has 0 saturated carbocycles. The van der Waals surface area contributed by atoms with Gasteiger partial charge in [-0.15, -0.1) is 0 Å². The third-order valence-corrected chi connectivity index (χ3v) is 3.50. The van der Waals surface area contributed by atoms with Gasteiger partial charge in [-0.25, -0.2) is 4.79 Å². The first kappa shape index (κ1) is 14.5. The Morgan fingerprint density at radius 2 is 2.30 bits per heavy atom. The van der Waals surface area contributed by atoms with E-state index in [1.165, 1.54) is 6.20 Å². The summed E-state index contributed by atoms with van der Waals surface area (Å²) in [4.78, 5) is 25.3. The zero-order chi connectivity index (χ0) is 14.7. The molecular formula is C13H20N4O3. The Balaban J connectivity index is 2.04. The summed E-state index contributed by atoms with van der Waals surface area (Å²) in [6, 6.07) is -0.190. The van der Waals surface area contributed by atoms with Gasteiger partial charge in [0.2, 0.25) is 5.91 Å². The fraction of sp³-hybridized carbons (Fsp3) is 0.615. The average Bonchev–Trinajstić information content (AvgIpc) is 2.93. The minimum absolute atomic E-state index is 0.0878. The first-order valence-corrected chi connectivity index (χ1v) is 6.71. The van der Waals surface area contributed by atoms with Crippen molar-refractivity contribution in [2.45, 2.75) is 25.9 Å². The van der Waals surface area contributed by atoms with Crippen LogP contribution in [0.1, 0.15) is 29.4 Å². The molecule has 1 N–H and O–H groups in total. The molecule has 1 aromatic heterocycles. The van der Waals surface area contributed by atoms with Crippen molar-refractivity contribution in [3.63, 3.8) is 0 Å². The predicted octanol–water partition coefficient (Wildman–Crippen LogP) is -0.0829. The van der Waals surface area contributed by atoms with Crippen molar-refractivity contribution in [3.05, 3.63) is 17.5 Å². The molecular weight excluding hydrogens is 260 g/mol. The van der Waals surface area contributed by atoms with Crippen molar-refractivity contribution in [3.8, 4) is 0 Å². The zero-order valence-corrected chi connectivity index (χ0v) is 12.0. The number of rotatable bonds is 5. The van der Waals surface area contributed by atoms with E-state index in [1.54, 1.807) is 30.6 Å². The number of carbonyl (C=O) groups is 2. The number of nitrogens with one attached hydrogen (secondary N) is 1. The lowest BCUT2D eigenvalue weighted by molar-refractivity contribution is -0.128. The van der Waals surface area contributed by atoms with Gasteiger partial charge in [-0.05, 0) is 13.3 Å². The molecule has 110 valence electrons. The molecule has 20 heavy (non-hydrogen) atoms. The number of hydrogen-bond acceptors (Lipinski definition) is 5. The zero-order valence-electron chi connectivity index (χ0n) is 12.0. The second-order valence-corrected chi connectivity index (χ2v) is 4.83. The van der Waals surface area contributed by atoms with Gasteiger partial charge in [0.15, 0.2) is 0 Å². The van der Waals surface area contributed by atoms with Crippen LogP contribution < -0.4 is 5.32 Å². The van der Waals surface area contributed by atoms with Crippen LogP contribution in [0, 0.1) is 0 Å². The van der Waals surface area contributed by atoms with E-state index in [1.807, 2.05) is 0 Å². The number of ether oxygens (including phenoxy) is 1. The third kappa shape index (κ3) is 2.82. The second-order valence-electron chi connectivity index (χ2n) is 4.83. The molecule has 1 aliphatic heterocycles. The number of nitrogens with zero attached hydrogens (tertiary/aromatic N) is 3. The molecule has 1 atom stereocenters. The summed E-state index contributed by atoms with van der Waals surface area (Å²) in [5.41, 5.74) is 1.17. The van der Waals surface area contributed by atoms with E-state index >= 15 is 0 Å². The van der Waals surface area contributed by atoms with Gasteiger partial charge in [-0.1, -0.05) is 0 Å². The van der Waals surface area contributed by atoms with E-state index in [4.69, 9.17) is 4.74 Å². The summed E-state index contributed by atoms with van der Waals surface area (Å²) >= 11 is 0. The van der Waals surface area contributed by atoms with E-state index in [0.717, 1.165) is 18.7 Å². The van der Waals surface area contributed by atoms with E-state index in [0.29, 0.717) is 18.7 Å².